The van der Waals surface area contributed by atoms with Crippen LogP contribution >= 0.6 is 11.3 Å². The number of aryl methyl sites for hydroxylation is 2. The van der Waals surface area contributed by atoms with Crippen LogP contribution in [-0.2, 0) is 0 Å². The number of likely N-dealkylation sites (tertiary alicyclic amines) is 2. The number of amides is 2. The minimum absolute atomic E-state index is 0.0769. The quantitative estimate of drug-likeness (QED) is 0.795. The second-order valence-corrected chi connectivity index (χ2v) is 8.91. The predicted octanol–water partition coefficient (Wildman–Crippen LogP) is 3.41. The Bertz CT molecular complexity index is 871. The molecule has 7 heteroatoms. The van der Waals surface area contributed by atoms with Crippen molar-refractivity contribution in [2.75, 3.05) is 26.2 Å². The SMILES string of the molecule is Cc1nc(C)c(C(=O)N2CCC[C@H](c3ccc(C(=O)N4CCCC4)cn3)C2)s1. The molecule has 0 unspecified atom stereocenters. The van der Waals surface area contributed by atoms with Crippen LogP contribution in [0.5, 0.6) is 0 Å². The average Bonchev–Trinajstić information content (AvgIpc) is 3.37. The lowest BCUT2D eigenvalue weighted by Crippen LogP contribution is -2.39. The smallest absolute Gasteiger partial charge is 0.265 e. The summed E-state index contributed by atoms with van der Waals surface area (Å²) in [6.45, 7) is 6.96. The first-order chi connectivity index (χ1) is 13.5. The third kappa shape index (κ3) is 3.81. The summed E-state index contributed by atoms with van der Waals surface area (Å²) in [6, 6.07) is 3.85. The van der Waals surface area contributed by atoms with Crippen molar-refractivity contribution in [2.24, 2.45) is 0 Å². The maximum atomic E-state index is 12.9. The van der Waals surface area contributed by atoms with E-state index in [9.17, 15) is 9.59 Å². The summed E-state index contributed by atoms with van der Waals surface area (Å²) in [6.07, 6.45) is 5.84. The van der Waals surface area contributed by atoms with Crippen molar-refractivity contribution in [1.29, 1.82) is 0 Å². The molecule has 4 heterocycles. The number of nitrogens with zero attached hydrogens (tertiary/aromatic N) is 4. The zero-order valence-corrected chi connectivity index (χ0v) is 17.3. The molecule has 2 aromatic heterocycles. The number of pyridine rings is 1. The Labute approximate surface area is 169 Å². The van der Waals surface area contributed by atoms with Crippen LogP contribution in [-0.4, -0.2) is 57.8 Å². The van der Waals surface area contributed by atoms with Crippen LogP contribution in [0.4, 0.5) is 0 Å². The van der Waals surface area contributed by atoms with Gasteiger partial charge in [0.05, 0.1) is 16.3 Å². The lowest BCUT2D eigenvalue weighted by molar-refractivity contribution is 0.0709. The minimum Gasteiger partial charge on any atom is -0.339 e. The Morgan fingerprint density at radius 2 is 1.79 bits per heavy atom. The number of carbonyl (C=O) groups is 2. The number of carbonyl (C=O) groups excluding carboxylic acids is 2. The van der Waals surface area contributed by atoms with Gasteiger partial charge in [-0.3, -0.25) is 14.6 Å². The summed E-state index contributed by atoms with van der Waals surface area (Å²) in [4.78, 5) is 39.0. The molecule has 0 spiro atoms. The van der Waals surface area contributed by atoms with Gasteiger partial charge in [0.1, 0.15) is 4.88 Å². The van der Waals surface area contributed by atoms with Gasteiger partial charge in [-0.15, -0.1) is 11.3 Å². The van der Waals surface area contributed by atoms with Gasteiger partial charge in [-0.05, 0) is 51.7 Å². The summed E-state index contributed by atoms with van der Waals surface area (Å²) in [5.74, 6) is 0.365. The Hall–Kier alpha value is -2.28. The van der Waals surface area contributed by atoms with E-state index in [0.717, 1.165) is 66.6 Å². The normalized spacial score (nSPS) is 19.9. The molecule has 2 aliphatic rings. The highest BCUT2D eigenvalue weighted by Gasteiger charge is 2.28. The molecule has 0 aromatic carbocycles. The topological polar surface area (TPSA) is 66.4 Å². The van der Waals surface area contributed by atoms with Crippen LogP contribution in [0.2, 0.25) is 0 Å². The number of aromatic nitrogens is 2. The summed E-state index contributed by atoms with van der Waals surface area (Å²) in [5.41, 5.74) is 2.44. The largest absolute Gasteiger partial charge is 0.339 e. The summed E-state index contributed by atoms with van der Waals surface area (Å²) in [5, 5.41) is 0.925. The highest BCUT2D eigenvalue weighted by Crippen LogP contribution is 2.28. The third-order valence-electron chi connectivity index (χ3n) is 5.65. The number of hydrogen-bond acceptors (Lipinski definition) is 5. The number of rotatable bonds is 3. The molecular weight excluding hydrogens is 372 g/mol. The second kappa shape index (κ2) is 7.99. The minimum atomic E-state index is 0.0769. The lowest BCUT2D eigenvalue weighted by Gasteiger charge is -2.32. The molecule has 2 saturated heterocycles. The zero-order valence-electron chi connectivity index (χ0n) is 16.5. The second-order valence-electron chi connectivity index (χ2n) is 7.71. The van der Waals surface area contributed by atoms with Crippen molar-refractivity contribution in [3.05, 3.63) is 45.2 Å². The van der Waals surface area contributed by atoms with E-state index in [4.69, 9.17) is 0 Å². The van der Waals surface area contributed by atoms with E-state index in [1.165, 1.54) is 11.3 Å². The number of piperidine rings is 1. The Morgan fingerprint density at radius 1 is 1.04 bits per heavy atom. The van der Waals surface area contributed by atoms with Gasteiger partial charge in [0.25, 0.3) is 11.8 Å². The summed E-state index contributed by atoms with van der Waals surface area (Å²) < 4.78 is 0. The fourth-order valence-electron chi connectivity index (χ4n) is 4.15. The first kappa shape index (κ1) is 19.1. The van der Waals surface area contributed by atoms with Gasteiger partial charge >= 0.3 is 0 Å². The predicted molar refractivity (Wildman–Crippen MR) is 109 cm³/mol. The number of thiazole rings is 1. The van der Waals surface area contributed by atoms with Gasteiger partial charge in [-0.2, -0.15) is 0 Å². The lowest BCUT2D eigenvalue weighted by atomic mass is 9.94. The van der Waals surface area contributed by atoms with Crippen LogP contribution in [0.1, 0.15) is 68.0 Å². The average molecular weight is 399 g/mol. The Kier molecular flexibility index (Phi) is 5.44. The van der Waals surface area contributed by atoms with Gasteiger partial charge < -0.3 is 9.80 Å². The number of hydrogen-bond donors (Lipinski definition) is 0. The van der Waals surface area contributed by atoms with Crippen LogP contribution < -0.4 is 0 Å². The molecule has 4 rings (SSSR count). The maximum Gasteiger partial charge on any atom is 0.265 e. The maximum absolute atomic E-state index is 12.9. The van der Waals surface area contributed by atoms with Crippen molar-refractivity contribution < 1.29 is 9.59 Å². The highest BCUT2D eigenvalue weighted by molar-refractivity contribution is 7.13. The molecule has 28 heavy (non-hydrogen) atoms. The van der Waals surface area contributed by atoms with Crippen LogP contribution in [0.25, 0.3) is 0 Å². The van der Waals surface area contributed by atoms with Crippen LogP contribution in [0, 0.1) is 13.8 Å². The van der Waals surface area contributed by atoms with Crippen LogP contribution in [0.15, 0.2) is 18.3 Å². The van der Waals surface area contributed by atoms with Crippen molar-refractivity contribution in [3.63, 3.8) is 0 Å². The standard InChI is InChI=1S/C21H26N4O2S/c1-14-19(28-15(2)23-14)21(27)25-11-5-6-17(13-25)18-8-7-16(12-22-18)20(26)24-9-3-4-10-24/h7-8,12,17H,3-6,9-11,13H2,1-2H3/t17-/m0/s1. The van der Waals surface area contributed by atoms with Crippen molar-refractivity contribution in [2.45, 2.75) is 45.4 Å². The summed E-state index contributed by atoms with van der Waals surface area (Å²) >= 11 is 1.47. The van der Waals surface area contributed by atoms with Crippen LogP contribution in [0.3, 0.4) is 0 Å². The molecule has 0 N–H and O–H groups in total. The van der Waals surface area contributed by atoms with Gasteiger partial charge in [0.15, 0.2) is 0 Å². The molecule has 6 nitrogen and oxygen atoms in total. The monoisotopic (exact) mass is 398 g/mol. The molecule has 1 atom stereocenters. The van der Waals surface area contributed by atoms with E-state index in [0.29, 0.717) is 12.1 Å². The molecule has 2 amide bonds. The van der Waals surface area contributed by atoms with Crippen molar-refractivity contribution in [1.82, 2.24) is 19.8 Å². The summed E-state index contributed by atoms with van der Waals surface area (Å²) in [7, 11) is 0. The molecule has 0 bridgehead atoms. The third-order valence-corrected chi connectivity index (χ3v) is 6.71. The Morgan fingerprint density at radius 3 is 2.43 bits per heavy atom. The molecule has 0 aliphatic carbocycles. The highest BCUT2D eigenvalue weighted by atomic mass is 32.1. The van der Waals surface area contributed by atoms with Gasteiger partial charge in [0.2, 0.25) is 0 Å². The van der Waals surface area contributed by atoms with Crippen molar-refractivity contribution in [3.8, 4) is 0 Å². The van der Waals surface area contributed by atoms with Gasteiger partial charge in [-0.1, -0.05) is 0 Å². The van der Waals surface area contributed by atoms with Gasteiger partial charge in [-0.25, -0.2) is 4.98 Å². The zero-order chi connectivity index (χ0) is 19.7. The molecule has 2 aliphatic heterocycles. The van der Waals surface area contributed by atoms with E-state index < -0.39 is 0 Å². The molecule has 0 radical (unpaired) electrons. The fraction of sp³-hybridized carbons (Fsp3) is 0.524. The van der Waals surface area contributed by atoms with Crippen molar-refractivity contribution >= 4 is 23.2 Å². The van der Waals surface area contributed by atoms with E-state index in [1.807, 2.05) is 35.8 Å². The Balaban J connectivity index is 1.45. The molecule has 0 saturated carbocycles. The first-order valence-electron chi connectivity index (χ1n) is 10.0. The van der Waals surface area contributed by atoms with Gasteiger partial charge in [0, 0.05) is 44.0 Å². The van der Waals surface area contributed by atoms with E-state index in [2.05, 4.69) is 9.97 Å². The fourth-order valence-corrected chi connectivity index (χ4v) is 5.04. The molecule has 2 aromatic rings. The molecular formula is C21H26N4O2S. The molecule has 148 valence electrons. The van der Waals surface area contributed by atoms with E-state index in [-0.39, 0.29) is 17.7 Å². The van der Waals surface area contributed by atoms with E-state index in [1.54, 1.807) is 6.20 Å². The molecule has 2 fully saturated rings. The first-order valence-corrected chi connectivity index (χ1v) is 10.8. The van der Waals surface area contributed by atoms with E-state index >= 15 is 0 Å².